The van der Waals surface area contributed by atoms with E-state index in [1.807, 2.05) is 0 Å². The van der Waals surface area contributed by atoms with Crippen molar-refractivity contribution in [3.8, 4) is 11.5 Å². The van der Waals surface area contributed by atoms with Gasteiger partial charge in [0.05, 0.1) is 25.5 Å². The molecule has 0 unspecified atom stereocenters. The van der Waals surface area contributed by atoms with Crippen LogP contribution in [0.3, 0.4) is 0 Å². The van der Waals surface area contributed by atoms with Gasteiger partial charge in [-0.3, -0.25) is 4.39 Å². The third-order valence-corrected chi connectivity index (χ3v) is 5.06. The molecule has 3 rings (SSSR count). The van der Waals surface area contributed by atoms with Crippen molar-refractivity contribution in [3.63, 3.8) is 0 Å². The van der Waals surface area contributed by atoms with E-state index in [2.05, 4.69) is 0 Å². The molecule has 190 valence electrons. The number of benzene rings is 3. The molecule has 3 aromatic carbocycles. The molecule has 0 aliphatic rings. The van der Waals surface area contributed by atoms with Gasteiger partial charge in [0.15, 0.2) is 0 Å². The quantitative estimate of drug-likeness (QED) is 0.147. The fraction of sp³-hybridized carbons (Fsp3) is 0.222. The van der Waals surface area contributed by atoms with E-state index >= 15 is 0 Å². The monoisotopic (exact) mass is 500 g/mol. The molecule has 36 heavy (non-hydrogen) atoms. The Kier molecular flexibility index (Phi) is 9.21. The molecule has 0 saturated carbocycles. The van der Waals surface area contributed by atoms with Crippen molar-refractivity contribution in [3.05, 3.63) is 89.5 Å². The normalized spacial score (nSPS) is 11.4. The van der Waals surface area contributed by atoms with E-state index < -0.39 is 18.8 Å². The van der Waals surface area contributed by atoms with Crippen molar-refractivity contribution in [1.82, 2.24) is 0 Å². The Hall–Kier alpha value is -4.14. The number of alkyl halides is 3. The van der Waals surface area contributed by atoms with E-state index in [9.17, 15) is 18.0 Å². The molecule has 0 bridgehead atoms. The second-order valence-corrected chi connectivity index (χ2v) is 7.81. The van der Waals surface area contributed by atoms with Gasteiger partial charge in [0.1, 0.15) is 11.5 Å². The summed E-state index contributed by atoms with van der Waals surface area (Å²) in [5, 5.41) is 0. The molecule has 3 aromatic rings. The largest absolute Gasteiger partial charge is 0.494 e. The molecule has 0 aliphatic heterocycles. The van der Waals surface area contributed by atoms with Gasteiger partial charge in [0, 0.05) is 30.3 Å². The molecule has 0 heterocycles. The highest BCUT2D eigenvalue weighted by atomic mass is 19.3. The topological polar surface area (TPSA) is 96.8 Å². The fourth-order valence-electron chi connectivity index (χ4n) is 3.16. The molecule has 0 aromatic heterocycles. The molecule has 0 fully saturated rings. The smallest absolute Gasteiger partial charge is 0.426 e. The van der Waals surface area contributed by atoms with Crippen molar-refractivity contribution in [2.45, 2.75) is 19.0 Å². The van der Waals surface area contributed by atoms with Gasteiger partial charge in [-0.25, -0.2) is 4.79 Å². The maximum absolute atomic E-state index is 14.5. The number of ether oxygens (including phenoxy) is 3. The van der Waals surface area contributed by atoms with Gasteiger partial charge in [-0.05, 0) is 65.7 Å². The number of esters is 1. The zero-order valence-corrected chi connectivity index (χ0v) is 19.5. The molecule has 0 aliphatic carbocycles. The number of carbonyl (C=O) groups excluding carboxylic acids is 1. The van der Waals surface area contributed by atoms with Crippen LogP contribution >= 0.6 is 0 Å². The first-order valence-electron chi connectivity index (χ1n) is 11.2. The Labute approximate surface area is 207 Å². The first kappa shape index (κ1) is 26.5. The standard InChI is InChI=1S/C27H27F3N2O4/c28-15-1-16-34-23-11-6-21(7-12-23)27(29,30)36-24-9-2-19(3-10-24)4-13-26(33)35-17-14-20-5-8-22(31)18-25(20)32/h2-13,18H,1,14-17,31-32H2/b13-4+. The lowest BCUT2D eigenvalue weighted by Crippen LogP contribution is -2.21. The zero-order chi connectivity index (χ0) is 26.0. The van der Waals surface area contributed by atoms with Crippen LogP contribution in [0.2, 0.25) is 0 Å². The molecular formula is C27H27F3N2O4. The molecule has 0 amide bonds. The number of halogens is 3. The lowest BCUT2D eigenvalue weighted by atomic mass is 10.1. The van der Waals surface area contributed by atoms with E-state index in [1.54, 1.807) is 18.2 Å². The first-order valence-corrected chi connectivity index (χ1v) is 11.2. The third kappa shape index (κ3) is 7.97. The van der Waals surface area contributed by atoms with E-state index in [4.69, 9.17) is 25.7 Å². The Morgan fingerprint density at radius 3 is 2.28 bits per heavy atom. The number of nitrogen functional groups attached to an aromatic ring is 2. The predicted octanol–water partition coefficient (Wildman–Crippen LogP) is 5.52. The Bertz CT molecular complexity index is 1170. The first-order chi connectivity index (χ1) is 17.3. The molecule has 0 spiro atoms. The number of carbonyl (C=O) groups is 1. The maximum atomic E-state index is 14.5. The van der Waals surface area contributed by atoms with Crippen molar-refractivity contribution in [2.75, 3.05) is 31.4 Å². The highest BCUT2D eigenvalue weighted by Crippen LogP contribution is 2.32. The van der Waals surface area contributed by atoms with Crippen LogP contribution in [0.4, 0.5) is 24.5 Å². The van der Waals surface area contributed by atoms with Crippen LogP contribution < -0.4 is 20.9 Å². The van der Waals surface area contributed by atoms with Gasteiger partial charge >= 0.3 is 12.1 Å². The SMILES string of the molecule is Nc1ccc(CCOC(=O)/C=C/c2ccc(OC(F)(F)c3ccc(OCCCF)cc3)cc2)c(N)c1. The maximum Gasteiger partial charge on any atom is 0.426 e. The molecule has 0 radical (unpaired) electrons. The highest BCUT2D eigenvalue weighted by Gasteiger charge is 2.34. The number of nitrogens with two attached hydrogens (primary N) is 2. The van der Waals surface area contributed by atoms with Gasteiger partial charge in [-0.15, -0.1) is 0 Å². The van der Waals surface area contributed by atoms with Gasteiger partial charge < -0.3 is 25.7 Å². The second kappa shape index (κ2) is 12.5. The summed E-state index contributed by atoms with van der Waals surface area (Å²) < 4.78 is 56.4. The second-order valence-electron chi connectivity index (χ2n) is 7.81. The molecule has 0 atom stereocenters. The van der Waals surface area contributed by atoms with Crippen LogP contribution in [0.5, 0.6) is 11.5 Å². The molecule has 0 saturated heterocycles. The lowest BCUT2D eigenvalue weighted by Gasteiger charge is -2.18. The lowest BCUT2D eigenvalue weighted by molar-refractivity contribution is -0.185. The number of hydrogen-bond acceptors (Lipinski definition) is 6. The zero-order valence-electron chi connectivity index (χ0n) is 19.5. The van der Waals surface area contributed by atoms with Gasteiger partial charge in [-0.2, -0.15) is 8.78 Å². The number of hydrogen-bond donors (Lipinski definition) is 2. The van der Waals surface area contributed by atoms with Gasteiger partial charge in [-0.1, -0.05) is 18.2 Å². The molecular weight excluding hydrogens is 473 g/mol. The number of rotatable bonds is 12. The summed E-state index contributed by atoms with van der Waals surface area (Å²) in [6.07, 6.45) is -0.154. The summed E-state index contributed by atoms with van der Waals surface area (Å²) in [5.74, 6) is -0.232. The third-order valence-electron chi connectivity index (χ3n) is 5.06. The van der Waals surface area contributed by atoms with Crippen LogP contribution in [-0.4, -0.2) is 25.9 Å². The van der Waals surface area contributed by atoms with E-state index in [-0.39, 0.29) is 30.9 Å². The predicted molar refractivity (Wildman–Crippen MR) is 132 cm³/mol. The summed E-state index contributed by atoms with van der Waals surface area (Å²) in [4.78, 5) is 11.9. The Morgan fingerprint density at radius 1 is 0.917 bits per heavy atom. The summed E-state index contributed by atoms with van der Waals surface area (Å²) in [7, 11) is 0. The summed E-state index contributed by atoms with van der Waals surface area (Å²) in [6, 6.07) is 16.1. The van der Waals surface area contributed by atoms with Crippen LogP contribution in [-0.2, 0) is 22.1 Å². The van der Waals surface area contributed by atoms with E-state index in [1.165, 1.54) is 60.7 Å². The molecule has 9 heteroatoms. The summed E-state index contributed by atoms with van der Waals surface area (Å²) >= 11 is 0. The van der Waals surface area contributed by atoms with Crippen LogP contribution in [0.15, 0.2) is 72.8 Å². The summed E-state index contributed by atoms with van der Waals surface area (Å²) in [5.41, 5.74) is 13.7. The Balaban J connectivity index is 1.49. The minimum Gasteiger partial charge on any atom is -0.494 e. The average Bonchev–Trinajstić information content (AvgIpc) is 2.85. The number of anilines is 2. The van der Waals surface area contributed by atoms with Gasteiger partial charge in [0.2, 0.25) is 0 Å². The van der Waals surface area contributed by atoms with Crippen molar-refractivity contribution < 1.29 is 32.2 Å². The summed E-state index contributed by atoms with van der Waals surface area (Å²) in [6.45, 7) is -0.201. The van der Waals surface area contributed by atoms with E-state index in [0.29, 0.717) is 29.1 Å². The highest BCUT2D eigenvalue weighted by molar-refractivity contribution is 5.87. The van der Waals surface area contributed by atoms with Crippen LogP contribution in [0.1, 0.15) is 23.1 Å². The fourth-order valence-corrected chi connectivity index (χ4v) is 3.16. The van der Waals surface area contributed by atoms with Crippen LogP contribution in [0.25, 0.3) is 6.08 Å². The Morgan fingerprint density at radius 2 is 1.61 bits per heavy atom. The van der Waals surface area contributed by atoms with Crippen LogP contribution in [0, 0.1) is 0 Å². The van der Waals surface area contributed by atoms with Crippen molar-refractivity contribution in [1.29, 1.82) is 0 Å². The minimum atomic E-state index is -3.58. The van der Waals surface area contributed by atoms with Crippen molar-refractivity contribution in [2.24, 2.45) is 0 Å². The molecule has 6 nitrogen and oxygen atoms in total. The minimum absolute atomic E-state index is 0.0518. The molecule has 4 N–H and O–H groups in total. The average molecular weight is 501 g/mol. The van der Waals surface area contributed by atoms with E-state index in [0.717, 1.165) is 5.56 Å². The van der Waals surface area contributed by atoms with Gasteiger partial charge in [0.25, 0.3) is 0 Å². The van der Waals surface area contributed by atoms with Crippen molar-refractivity contribution >= 4 is 23.4 Å².